The van der Waals surface area contributed by atoms with Gasteiger partial charge >= 0.3 is 0 Å². The number of benzene rings is 2. The first-order valence-electron chi connectivity index (χ1n) is 12.0. The smallest absolute Gasteiger partial charge is 0.254 e. The van der Waals surface area contributed by atoms with E-state index in [1.54, 1.807) is 6.07 Å². The summed E-state index contributed by atoms with van der Waals surface area (Å²) in [6, 6.07) is 14.5. The molecule has 4 rings (SSSR count). The third-order valence-corrected chi connectivity index (χ3v) is 6.83. The van der Waals surface area contributed by atoms with Crippen LogP contribution in [0.5, 0.6) is 0 Å². The van der Waals surface area contributed by atoms with Gasteiger partial charge in [0.25, 0.3) is 11.8 Å². The van der Waals surface area contributed by atoms with Crippen LogP contribution in [0.15, 0.2) is 42.5 Å². The molecule has 1 saturated heterocycles. The van der Waals surface area contributed by atoms with Gasteiger partial charge in [-0.05, 0) is 62.4 Å². The zero-order chi connectivity index (χ0) is 22.5. The maximum Gasteiger partial charge on any atom is 0.254 e. The molecule has 180 valence electrons. The lowest BCUT2D eigenvalue weighted by atomic mass is 10.00. The minimum absolute atomic E-state index is 0. The normalized spacial score (nSPS) is 18.1. The maximum absolute atomic E-state index is 12.9. The Morgan fingerprint density at radius 2 is 2.03 bits per heavy atom. The standard InChI is InChI=1S/C27H35N3O2.CH4.H2/c1-3-24-10-4-5-14-29(24)15-7-13-28-26(31)22-11-12-23-19-30(27(32)25(23)17-22)18-21-9-6-8-20(2)16-21;;/h6,8-9,11-12,16-17,24H,3-5,7,10,13-15,18-19H2,1-2H3,(H,28,31);1H4;1H. The minimum Gasteiger partial charge on any atom is -0.352 e. The monoisotopic (exact) mass is 451 g/mol. The van der Waals surface area contributed by atoms with Gasteiger partial charge in [-0.15, -0.1) is 0 Å². The van der Waals surface area contributed by atoms with Crippen LogP contribution in [0.2, 0.25) is 0 Å². The molecule has 2 aromatic rings. The summed E-state index contributed by atoms with van der Waals surface area (Å²) in [5.74, 6) is -0.0877. The van der Waals surface area contributed by atoms with E-state index in [4.69, 9.17) is 0 Å². The van der Waals surface area contributed by atoms with Crippen LogP contribution in [-0.4, -0.2) is 47.3 Å². The van der Waals surface area contributed by atoms with Crippen LogP contribution in [0.4, 0.5) is 0 Å². The summed E-state index contributed by atoms with van der Waals surface area (Å²) in [6.07, 6.45) is 6.08. The topological polar surface area (TPSA) is 52.7 Å². The largest absolute Gasteiger partial charge is 0.352 e. The van der Waals surface area contributed by atoms with Crippen LogP contribution < -0.4 is 5.32 Å². The first kappa shape index (κ1) is 25.0. The number of piperidine rings is 1. The molecular formula is C28H41N3O2. The molecule has 0 aromatic heterocycles. The number of amides is 2. The van der Waals surface area contributed by atoms with Gasteiger partial charge in [0.2, 0.25) is 0 Å². The average molecular weight is 452 g/mol. The highest BCUT2D eigenvalue weighted by Crippen LogP contribution is 2.26. The van der Waals surface area contributed by atoms with Crippen molar-refractivity contribution >= 4 is 11.8 Å². The van der Waals surface area contributed by atoms with Crippen molar-refractivity contribution in [1.82, 2.24) is 15.1 Å². The quantitative estimate of drug-likeness (QED) is 0.546. The zero-order valence-corrected chi connectivity index (χ0v) is 19.4. The second-order valence-electron chi connectivity index (χ2n) is 9.23. The summed E-state index contributed by atoms with van der Waals surface area (Å²) in [5, 5.41) is 3.04. The van der Waals surface area contributed by atoms with Crippen molar-refractivity contribution in [3.05, 3.63) is 70.3 Å². The molecule has 2 aromatic carbocycles. The molecule has 1 unspecified atom stereocenters. The summed E-state index contributed by atoms with van der Waals surface area (Å²) >= 11 is 0. The number of nitrogens with one attached hydrogen (secondary N) is 1. The van der Waals surface area contributed by atoms with E-state index in [9.17, 15) is 9.59 Å². The number of hydrogen-bond acceptors (Lipinski definition) is 3. The third-order valence-electron chi connectivity index (χ3n) is 6.83. The molecular weight excluding hydrogens is 410 g/mol. The number of nitrogens with zero attached hydrogens (tertiary/aromatic N) is 2. The number of aryl methyl sites for hydroxylation is 1. The SMILES string of the molecule is C.CCC1CCCCN1CCCNC(=O)c1ccc2c(c1)C(=O)N(Cc1cccc(C)c1)C2.[HH]. The molecule has 2 aliphatic rings. The fourth-order valence-electron chi connectivity index (χ4n) is 5.06. The molecule has 0 aliphatic carbocycles. The van der Waals surface area contributed by atoms with Crippen molar-refractivity contribution in [2.75, 3.05) is 19.6 Å². The second-order valence-corrected chi connectivity index (χ2v) is 9.23. The Bertz CT molecular complexity index is 978. The number of likely N-dealkylation sites (tertiary alicyclic amines) is 1. The van der Waals surface area contributed by atoms with Crippen molar-refractivity contribution in [2.45, 2.75) is 72.5 Å². The first-order chi connectivity index (χ1) is 15.5. The molecule has 1 fully saturated rings. The van der Waals surface area contributed by atoms with Gasteiger partial charge in [0.1, 0.15) is 0 Å². The number of hydrogen-bond donors (Lipinski definition) is 1. The lowest BCUT2D eigenvalue weighted by molar-refractivity contribution is 0.0766. The van der Waals surface area contributed by atoms with Gasteiger partial charge in [-0.3, -0.25) is 9.59 Å². The van der Waals surface area contributed by atoms with E-state index in [1.807, 2.05) is 23.1 Å². The van der Waals surface area contributed by atoms with Crippen LogP contribution in [0.25, 0.3) is 0 Å². The molecule has 0 bridgehead atoms. The van der Waals surface area contributed by atoms with Crippen LogP contribution in [0, 0.1) is 6.92 Å². The number of fused-ring (bicyclic) bond motifs is 1. The van der Waals surface area contributed by atoms with Gasteiger partial charge in [0.05, 0.1) is 0 Å². The highest BCUT2D eigenvalue weighted by atomic mass is 16.2. The summed E-state index contributed by atoms with van der Waals surface area (Å²) in [4.78, 5) is 30.1. The van der Waals surface area contributed by atoms with Gasteiger partial charge in [-0.2, -0.15) is 0 Å². The predicted octanol–water partition coefficient (Wildman–Crippen LogP) is 5.42. The summed E-state index contributed by atoms with van der Waals surface area (Å²) in [5.41, 5.74) is 4.54. The van der Waals surface area contributed by atoms with Crippen molar-refractivity contribution in [2.24, 2.45) is 0 Å². The lowest BCUT2D eigenvalue weighted by Crippen LogP contribution is -2.40. The Kier molecular flexibility index (Phi) is 8.67. The van der Waals surface area contributed by atoms with E-state index >= 15 is 0 Å². The van der Waals surface area contributed by atoms with E-state index in [-0.39, 0.29) is 20.7 Å². The Hall–Kier alpha value is -2.66. The molecule has 0 spiro atoms. The van der Waals surface area contributed by atoms with Crippen LogP contribution >= 0.6 is 0 Å². The van der Waals surface area contributed by atoms with Crippen LogP contribution in [0.3, 0.4) is 0 Å². The highest BCUT2D eigenvalue weighted by molar-refractivity contribution is 6.02. The van der Waals surface area contributed by atoms with E-state index in [0.717, 1.165) is 24.1 Å². The Balaban J connectivity index is 0.00000204. The molecule has 0 saturated carbocycles. The van der Waals surface area contributed by atoms with Gasteiger partial charge in [-0.1, -0.05) is 56.7 Å². The number of carbonyl (C=O) groups excluding carboxylic acids is 2. The number of rotatable bonds is 8. The van der Waals surface area contributed by atoms with Crippen molar-refractivity contribution in [3.8, 4) is 0 Å². The Morgan fingerprint density at radius 3 is 2.82 bits per heavy atom. The van der Waals surface area contributed by atoms with E-state index in [1.165, 1.54) is 37.8 Å². The lowest BCUT2D eigenvalue weighted by Gasteiger charge is -2.35. The van der Waals surface area contributed by atoms with Crippen molar-refractivity contribution in [3.63, 3.8) is 0 Å². The molecule has 1 N–H and O–H groups in total. The fourth-order valence-corrected chi connectivity index (χ4v) is 5.06. The molecule has 1 atom stereocenters. The highest BCUT2D eigenvalue weighted by Gasteiger charge is 2.28. The predicted molar refractivity (Wildman–Crippen MR) is 136 cm³/mol. The molecule has 5 heteroatoms. The molecule has 2 aliphatic heterocycles. The maximum atomic E-state index is 12.9. The second kappa shape index (κ2) is 11.5. The van der Waals surface area contributed by atoms with Crippen molar-refractivity contribution < 1.29 is 11.0 Å². The molecule has 5 nitrogen and oxygen atoms in total. The molecule has 0 radical (unpaired) electrons. The van der Waals surface area contributed by atoms with Gasteiger partial charge < -0.3 is 15.1 Å². The van der Waals surface area contributed by atoms with Gasteiger partial charge in [0.15, 0.2) is 0 Å². The van der Waals surface area contributed by atoms with E-state index < -0.39 is 0 Å². The Labute approximate surface area is 200 Å². The summed E-state index contributed by atoms with van der Waals surface area (Å²) in [7, 11) is 0. The number of carbonyl (C=O) groups is 2. The average Bonchev–Trinajstić information content (AvgIpc) is 3.11. The summed E-state index contributed by atoms with van der Waals surface area (Å²) in [6.45, 7) is 8.39. The molecule has 33 heavy (non-hydrogen) atoms. The van der Waals surface area contributed by atoms with E-state index in [0.29, 0.717) is 36.8 Å². The van der Waals surface area contributed by atoms with Crippen LogP contribution in [-0.2, 0) is 13.1 Å². The first-order valence-corrected chi connectivity index (χ1v) is 12.0. The third kappa shape index (κ3) is 6.02. The molecule has 2 heterocycles. The summed E-state index contributed by atoms with van der Waals surface area (Å²) < 4.78 is 0. The van der Waals surface area contributed by atoms with Crippen LogP contribution in [0.1, 0.15) is 85.3 Å². The van der Waals surface area contributed by atoms with Crippen molar-refractivity contribution in [1.29, 1.82) is 0 Å². The fraction of sp³-hybridized carbons (Fsp3) is 0.500. The van der Waals surface area contributed by atoms with Gasteiger partial charge in [-0.25, -0.2) is 0 Å². The Morgan fingerprint density at radius 1 is 1.18 bits per heavy atom. The van der Waals surface area contributed by atoms with E-state index in [2.05, 4.69) is 42.3 Å². The molecule has 2 amide bonds. The van der Waals surface area contributed by atoms with Gasteiger partial charge in [0, 0.05) is 44.8 Å². The zero-order valence-electron chi connectivity index (χ0n) is 19.4. The minimum atomic E-state index is -0.0941.